The van der Waals surface area contributed by atoms with Crippen LogP contribution in [0.5, 0.6) is 0 Å². The largest absolute Gasteiger partial charge is 0.361 e. The molecule has 1 aromatic carbocycles. The van der Waals surface area contributed by atoms with Gasteiger partial charge in [-0.2, -0.15) is 0 Å². The first-order valence-corrected chi connectivity index (χ1v) is 6.49. The van der Waals surface area contributed by atoms with Crippen molar-refractivity contribution in [3.63, 3.8) is 0 Å². The van der Waals surface area contributed by atoms with Gasteiger partial charge in [0, 0.05) is 35.2 Å². The Bertz CT molecular complexity index is 580. The van der Waals surface area contributed by atoms with Gasteiger partial charge in [0.25, 0.3) is 0 Å². The van der Waals surface area contributed by atoms with Crippen LogP contribution < -0.4 is 11.1 Å². The van der Waals surface area contributed by atoms with Crippen LogP contribution >= 0.6 is 0 Å². The van der Waals surface area contributed by atoms with E-state index in [4.69, 9.17) is 5.73 Å². The molecule has 19 heavy (non-hydrogen) atoms. The van der Waals surface area contributed by atoms with E-state index in [1.165, 1.54) is 0 Å². The van der Waals surface area contributed by atoms with Crippen molar-refractivity contribution >= 4 is 22.5 Å². The maximum atomic E-state index is 11.9. The molecule has 0 saturated heterocycles. The quantitative estimate of drug-likeness (QED) is 0.793. The van der Waals surface area contributed by atoms with Gasteiger partial charge in [0.1, 0.15) is 0 Å². The van der Waals surface area contributed by atoms with Gasteiger partial charge >= 0.3 is 0 Å². The summed E-state index contributed by atoms with van der Waals surface area (Å²) >= 11 is 0. The Labute approximate surface area is 113 Å². The van der Waals surface area contributed by atoms with Gasteiger partial charge < -0.3 is 16.0 Å². The third-order valence-corrected chi connectivity index (χ3v) is 3.35. The maximum absolute atomic E-state index is 11.9. The van der Waals surface area contributed by atoms with E-state index in [-0.39, 0.29) is 17.4 Å². The van der Waals surface area contributed by atoms with E-state index in [1.54, 1.807) is 0 Å². The van der Waals surface area contributed by atoms with Crippen molar-refractivity contribution in [2.45, 2.75) is 33.2 Å². The zero-order chi connectivity index (χ0) is 14.0. The minimum atomic E-state index is -0.150. The lowest BCUT2D eigenvalue weighted by atomic mass is 9.85. The number of nitrogens with two attached hydrogens (primary N) is 1. The summed E-state index contributed by atoms with van der Waals surface area (Å²) in [5.41, 5.74) is 7.81. The summed E-state index contributed by atoms with van der Waals surface area (Å²) in [5, 5.41) is 3.98. The first-order valence-electron chi connectivity index (χ1n) is 6.49. The van der Waals surface area contributed by atoms with Gasteiger partial charge in [-0.15, -0.1) is 0 Å². The van der Waals surface area contributed by atoms with Gasteiger partial charge in [0.15, 0.2) is 0 Å². The Morgan fingerprint density at radius 2 is 2.11 bits per heavy atom. The number of benzene rings is 1. The summed E-state index contributed by atoms with van der Waals surface area (Å²) in [4.78, 5) is 15.1. The number of fused-ring (bicyclic) bond motifs is 1. The standard InChI is InChI=1S/C15H21N3O/c1-15(2,3)13(16)9-14(19)18-11-4-5-12-10(8-11)6-7-17-12/h4-8,13,17H,9,16H2,1-3H3,(H,18,19). The van der Waals surface area contributed by atoms with Crippen LogP contribution in [0.3, 0.4) is 0 Å². The molecule has 0 saturated carbocycles. The van der Waals surface area contributed by atoms with Crippen molar-refractivity contribution in [2.75, 3.05) is 5.32 Å². The maximum Gasteiger partial charge on any atom is 0.225 e. The van der Waals surface area contributed by atoms with Gasteiger partial charge in [0.2, 0.25) is 5.91 Å². The molecule has 0 fully saturated rings. The second kappa shape index (κ2) is 5.05. The van der Waals surface area contributed by atoms with E-state index in [0.717, 1.165) is 16.6 Å². The van der Waals surface area contributed by atoms with Crippen molar-refractivity contribution in [3.05, 3.63) is 30.5 Å². The SMILES string of the molecule is CC(C)(C)C(N)CC(=O)Nc1ccc2[nH]ccc2c1. The van der Waals surface area contributed by atoms with E-state index in [1.807, 2.05) is 51.2 Å². The predicted octanol–water partition coefficient (Wildman–Crippen LogP) is 2.87. The van der Waals surface area contributed by atoms with E-state index in [2.05, 4.69) is 10.3 Å². The van der Waals surface area contributed by atoms with Crippen LogP contribution in [0.1, 0.15) is 27.2 Å². The molecule has 4 N–H and O–H groups in total. The number of carbonyl (C=O) groups excluding carboxylic acids is 1. The van der Waals surface area contributed by atoms with Crippen LogP contribution in [-0.4, -0.2) is 16.9 Å². The van der Waals surface area contributed by atoms with Crippen molar-refractivity contribution in [2.24, 2.45) is 11.1 Å². The fraction of sp³-hybridized carbons (Fsp3) is 0.400. The Kier molecular flexibility index (Phi) is 3.62. The molecule has 0 aliphatic heterocycles. The predicted molar refractivity (Wildman–Crippen MR) is 79.0 cm³/mol. The van der Waals surface area contributed by atoms with Crippen molar-refractivity contribution in [3.8, 4) is 0 Å². The van der Waals surface area contributed by atoms with Crippen molar-refractivity contribution in [1.82, 2.24) is 4.98 Å². The number of aromatic nitrogens is 1. The first-order chi connectivity index (χ1) is 8.86. The van der Waals surface area contributed by atoms with E-state index < -0.39 is 0 Å². The normalized spacial score (nSPS) is 13.5. The average Bonchev–Trinajstić information content (AvgIpc) is 2.74. The second-order valence-electron chi connectivity index (χ2n) is 6.00. The zero-order valence-corrected chi connectivity index (χ0v) is 11.7. The highest BCUT2D eigenvalue weighted by molar-refractivity contribution is 5.94. The topological polar surface area (TPSA) is 70.9 Å². The summed E-state index contributed by atoms with van der Waals surface area (Å²) in [7, 11) is 0. The minimum Gasteiger partial charge on any atom is -0.361 e. The molecule has 0 aliphatic rings. The Morgan fingerprint density at radius 3 is 2.79 bits per heavy atom. The number of hydrogen-bond donors (Lipinski definition) is 3. The van der Waals surface area contributed by atoms with E-state index >= 15 is 0 Å². The van der Waals surface area contributed by atoms with Gasteiger partial charge in [0.05, 0.1) is 0 Å². The molecule has 102 valence electrons. The van der Waals surface area contributed by atoms with Crippen LogP contribution in [-0.2, 0) is 4.79 Å². The molecular formula is C15H21N3O. The zero-order valence-electron chi connectivity index (χ0n) is 11.7. The molecule has 0 radical (unpaired) electrons. The average molecular weight is 259 g/mol. The van der Waals surface area contributed by atoms with Crippen molar-refractivity contribution in [1.29, 1.82) is 0 Å². The number of amides is 1. The number of anilines is 1. The molecule has 1 amide bonds. The second-order valence-corrected chi connectivity index (χ2v) is 6.00. The van der Waals surface area contributed by atoms with Gasteiger partial charge in [-0.1, -0.05) is 20.8 Å². The molecule has 0 bridgehead atoms. The Balaban J connectivity index is 2.02. The van der Waals surface area contributed by atoms with Crippen LogP contribution in [0, 0.1) is 5.41 Å². The van der Waals surface area contributed by atoms with E-state index in [9.17, 15) is 4.79 Å². The molecule has 2 aromatic rings. The number of hydrogen-bond acceptors (Lipinski definition) is 2. The molecule has 1 heterocycles. The number of H-pyrrole nitrogens is 1. The summed E-state index contributed by atoms with van der Waals surface area (Å²) in [5.74, 6) is -0.0442. The van der Waals surface area contributed by atoms with Crippen molar-refractivity contribution < 1.29 is 4.79 Å². The number of carbonyl (C=O) groups is 1. The summed E-state index contributed by atoms with van der Waals surface area (Å²) in [6.45, 7) is 6.12. The molecular weight excluding hydrogens is 238 g/mol. The molecule has 0 aliphatic carbocycles. The summed E-state index contributed by atoms with van der Waals surface area (Å²) in [6, 6.07) is 7.62. The Hall–Kier alpha value is -1.81. The van der Waals surface area contributed by atoms with E-state index in [0.29, 0.717) is 6.42 Å². The lowest BCUT2D eigenvalue weighted by molar-refractivity contribution is -0.117. The molecule has 0 spiro atoms. The number of nitrogens with one attached hydrogen (secondary N) is 2. The molecule has 1 atom stereocenters. The first kappa shape index (κ1) is 13.6. The third-order valence-electron chi connectivity index (χ3n) is 3.35. The highest BCUT2D eigenvalue weighted by Gasteiger charge is 2.23. The van der Waals surface area contributed by atoms with Gasteiger partial charge in [-0.05, 0) is 29.7 Å². The monoisotopic (exact) mass is 259 g/mol. The van der Waals surface area contributed by atoms with Gasteiger partial charge in [-0.25, -0.2) is 0 Å². The molecule has 2 rings (SSSR count). The summed E-state index contributed by atoms with van der Waals surface area (Å²) in [6.07, 6.45) is 2.21. The van der Waals surface area contributed by atoms with Crippen LogP contribution in [0.25, 0.3) is 10.9 Å². The fourth-order valence-electron chi connectivity index (χ4n) is 1.85. The highest BCUT2D eigenvalue weighted by atomic mass is 16.1. The fourth-order valence-corrected chi connectivity index (χ4v) is 1.85. The highest BCUT2D eigenvalue weighted by Crippen LogP contribution is 2.21. The van der Waals surface area contributed by atoms with Crippen LogP contribution in [0.4, 0.5) is 5.69 Å². The summed E-state index contributed by atoms with van der Waals surface area (Å²) < 4.78 is 0. The third kappa shape index (κ3) is 3.35. The Morgan fingerprint density at radius 1 is 1.37 bits per heavy atom. The lowest BCUT2D eigenvalue weighted by Gasteiger charge is -2.26. The molecule has 4 nitrogen and oxygen atoms in total. The minimum absolute atomic E-state index is 0.0442. The smallest absolute Gasteiger partial charge is 0.225 e. The molecule has 1 aromatic heterocycles. The molecule has 4 heteroatoms. The number of rotatable bonds is 3. The lowest BCUT2D eigenvalue weighted by Crippen LogP contribution is -2.38. The van der Waals surface area contributed by atoms with Crippen LogP contribution in [0.15, 0.2) is 30.5 Å². The number of aromatic amines is 1. The molecule has 1 unspecified atom stereocenters. The van der Waals surface area contributed by atoms with Crippen LogP contribution in [0.2, 0.25) is 0 Å². The van der Waals surface area contributed by atoms with Gasteiger partial charge in [-0.3, -0.25) is 4.79 Å².